The third-order valence-corrected chi connectivity index (χ3v) is 4.18. The van der Waals surface area contributed by atoms with Gasteiger partial charge in [0.05, 0.1) is 0 Å². The molecule has 4 rings (SSSR count). The van der Waals surface area contributed by atoms with Crippen molar-refractivity contribution in [3.8, 4) is 11.5 Å². The molecule has 132 valence electrons. The number of aryl methyl sites for hydroxylation is 1. The molecule has 3 aromatic rings. The second kappa shape index (κ2) is 7.31. The van der Waals surface area contributed by atoms with Crippen molar-refractivity contribution >= 4 is 17.5 Å². The number of nitrogens with zero attached hydrogens (tertiary/aromatic N) is 2. The maximum atomic E-state index is 5.61. The Kier molecular flexibility index (Phi) is 4.55. The third-order valence-electron chi connectivity index (χ3n) is 4.18. The fourth-order valence-electron chi connectivity index (χ4n) is 2.76. The first kappa shape index (κ1) is 16.2. The highest BCUT2D eigenvalue weighted by Crippen LogP contribution is 2.33. The molecular weight excluding hydrogens is 328 g/mol. The van der Waals surface area contributed by atoms with E-state index in [4.69, 9.17) is 9.47 Å². The van der Waals surface area contributed by atoms with E-state index in [1.807, 2.05) is 36.4 Å². The van der Waals surface area contributed by atoms with Crippen molar-refractivity contribution in [2.75, 3.05) is 23.8 Å². The molecule has 6 heteroatoms. The van der Waals surface area contributed by atoms with Crippen LogP contribution in [0.15, 0.2) is 54.7 Å². The molecule has 0 fully saturated rings. The standard InChI is InChI=1S/C20H20N4O2/c1-14-4-2-3-5-15(14)13-22-19-8-9-21-20(24-19)23-16-6-7-17-18(12-16)26-11-10-25-17/h2-9,12H,10-11,13H2,1H3,(H2,21,22,23,24). The summed E-state index contributed by atoms with van der Waals surface area (Å²) in [4.78, 5) is 8.80. The molecule has 0 amide bonds. The average Bonchev–Trinajstić information content (AvgIpc) is 2.68. The SMILES string of the molecule is Cc1ccccc1CNc1ccnc(Nc2ccc3c(c2)OCCO3)n1. The summed E-state index contributed by atoms with van der Waals surface area (Å²) in [5, 5.41) is 6.55. The number of rotatable bonds is 5. The summed E-state index contributed by atoms with van der Waals surface area (Å²) >= 11 is 0. The lowest BCUT2D eigenvalue weighted by molar-refractivity contribution is 0.171. The molecule has 1 aliphatic heterocycles. The van der Waals surface area contributed by atoms with E-state index in [0.717, 1.165) is 23.0 Å². The summed E-state index contributed by atoms with van der Waals surface area (Å²) in [5.41, 5.74) is 3.35. The molecule has 0 spiro atoms. The minimum atomic E-state index is 0.525. The maximum absolute atomic E-state index is 5.61. The van der Waals surface area contributed by atoms with Crippen LogP contribution in [0.25, 0.3) is 0 Å². The molecule has 2 aromatic carbocycles. The normalized spacial score (nSPS) is 12.5. The quantitative estimate of drug-likeness (QED) is 0.729. The summed E-state index contributed by atoms with van der Waals surface area (Å²) in [7, 11) is 0. The highest BCUT2D eigenvalue weighted by atomic mass is 16.6. The lowest BCUT2D eigenvalue weighted by atomic mass is 10.1. The largest absolute Gasteiger partial charge is 0.486 e. The summed E-state index contributed by atoms with van der Waals surface area (Å²) < 4.78 is 11.1. The van der Waals surface area contributed by atoms with Crippen molar-refractivity contribution in [1.29, 1.82) is 0 Å². The van der Waals surface area contributed by atoms with Gasteiger partial charge in [-0.05, 0) is 36.2 Å². The minimum Gasteiger partial charge on any atom is -0.486 e. The number of ether oxygens (including phenoxy) is 2. The number of hydrogen-bond donors (Lipinski definition) is 2. The van der Waals surface area contributed by atoms with Crippen LogP contribution in [0.3, 0.4) is 0 Å². The molecule has 26 heavy (non-hydrogen) atoms. The van der Waals surface area contributed by atoms with Crippen LogP contribution in [0.5, 0.6) is 11.5 Å². The molecule has 0 bridgehead atoms. The van der Waals surface area contributed by atoms with Gasteiger partial charge in [0.15, 0.2) is 11.5 Å². The van der Waals surface area contributed by atoms with E-state index >= 15 is 0 Å². The lowest BCUT2D eigenvalue weighted by Gasteiger charge is -2.19. The lowest BCUT2D eigenvalue weighted by Crippen LogP contribution is -2.15. The third kappa shape index (κ3) is 3.69. The monoisotopic (exact) mass is 348 g/mol. The molecule has 6 nitrogen and oxygen atoms in total. The summed E-state index contributed by atoms with van der Waals surface area (Å²) in [5.74, 6) is 2.78. The van der Waals surface area contributed by atoms with Crippen LogP contribution < -0.4 is 20.1 Å². The minimum absolute atomic E-state index is 0.525. The van der Waals surface area contributed by atoms with E-state index in [1.165, 1.54) is 11.1 Å². The molecule has 0 saturated carbocycles. The van der Waals surface area contributed by atoms with Crippen molar-refractivity contribution in [2.24, 2.45) is 0 Å². The van der Waals surface area contributed by atoms with Crippen molar-refractivity contribution in [2.45, 2.75) is 13.5 Å². The Morgan fingerprint density at radius 2 is 1.85 bits per heavy atom. The Morgan fingerprint density at radius 1 is 1.00 bits per heavy atom. The molecule has 0 aliphatic carbocycles. The van der Waals surface area contributed by atoms with Crippen LogP contribution in [0, 0.1) is 6.92 Å². The van der Waals surface area contributed by atoms with Gasteiger partial charge in [-0.15, -0.1) is 0 Å². The Morgan fingerprint density at radius 3 is 2.73 bits per heavy atom. The predicted octanol–water partition coefficient (Wildman–Crippen LogP) is 3.91. The zero-order chi connectivity index (χ0) is 17.8. The molecule has 0 saturated heterocycles. The molecule has 1 aliphatic rings. The van der Waals surface area contributed by atoms with E-state index in [9.17, 15) is 0 Å². The van der Waals surface area contributed by atoms with Crippen LogP contribution in [0.1, 0.15) is 11.1 Å². The zero-order valence-corrected chi connectivity index (χ0v) is 14.5. The predicted molar refractivity (Wildman–Crippen MR) is 101 cm³/mol. The Bertz CT molecular complexity index is 914. The van der Waals surface area contributed by atoms with Gasteiger partial charge < -0.3 is 20.1 Å². The van der Waals surface area contributed by atoms with Crippen LogP contribution in [-0.4, -0.2) is 23.2 Å². The Balaban J connectivity index is 1.45. The van der Waals surface area contributed by atoms with E-state index < -0.39 is 0 Å². The number of aromatic nitrogens is 2. The van der Waals surface area contributed by atoms with E-state index in [-0.39, 0.29) is 0 Å². The topological polar surface area (TPSA) is 68.3 Å². The summed E-state index contributed by atoms with van der Waals surface area (Å²) in [6, 6.07) is 15.8. The van der Waals surface area contributed by atoms with Gasteiger partial charge in [0.1, 0.15) is 19.0 Å². The van der Waals surface area contributed by atoms with Crippen LogP contribution >= 0.6 is 0 Å². The van der Waals surface area contributed by atoms with Crippen molar-refractivity contribution < 1.29 is 9.47 Å². The molecule has 1 aromatic heterocycles. The fraction of sp³-hybridized carbons (Fsp3) is 0.200. The first-order valence-electron chi connectivity index (χ1n) is 8.56. The van der Waals surface area contributed by atoms with Gasteiger partial charge in [0.25, 0.3) is 0 Å². The van der Waals surface area contributed by atoms with Gasteiger partial charge in [-0.1, -0.05) is 24.3 Å². The number of anilines is 3. The molecule has 2 heterocycles. The smallest absolute Gasteiger partial charge is 0.229 e. The van der Waals surface area contributed by atoms with Crippen molar-refractivity contribution in [1.82, 2.24) is 9.97 Å². The zero-order valence-electron chi connectivity index (χ0n) is 14.5. The van der Waals surface area contributed by atoms with Crippen LogP contribution in [-0.2, 0) is 6.54 Å². The van der Waals surface area contributed by atoms with Crippen LogP contribution in [0.4, 0.5) is 17.5 Å². The second-order valence-electron chi connectivity index (χ2n) is 6.03. The van der Waals surface area contributed by atoms with Crippen molar-refractivity contribution in [3.63, 3.8) is 0 Å². The number of hydrogen-bond acceptors (Lipinski definition) is 6. The highest BCUT2D eigenvalue weighted by Gasteiger charge is 2.12. The number of nitrogens with one attached hydrogen (secondary N) is 2. The maximum Gasteiger partial charge on any atom is 0.229 e. The fourth-order valence-corrected chi connectivity index (χ4v) is 2.76. The molecule has 0 radical (unpaired) electrons. The van der Waals surface area contributed by atoms with Gasteiger partial charge in [0.2, 0.25) is 5.95 Å². The summed E-state index contributed by atoms with van der Waals surface area (Å²) in [6.45, 7) is 3.96. The number of benzene rings is 2. The Hall–Kier alpha value is -3.28. The number of fused-ring (bicyclic) bond motifs is 1. The van der Waals surface area contributed by atoms with E-state index in [1.54, 1.807) is 6.20 Å². The van der Waals surface area contributed by atoms with E-state index in [2.05, 4.69) is 39.7 Å². The first-order valence-corrected chi connectivity index (χ1v) is 8.56. The molecule has 0 unspecified atom stereocenters. The van der Waals surface area contributed by atoms with Gasteiger partial charge in [-0.25, -0.2) is 4.98 Å². The van der Waals surface area contributed by atoms with Gasteiger partial charge in [-0.3, -0.25) is 0 Å². The Labute approximate surface area is 152 Å². The molecular formula is C20H20N4O2. The first-order chi connectivity index (χ1) is 12.8. The average molecular weight is 348 g/mol. The van der Waals surface area contributed by atoms with Gasteiger partial charge in [-0.2, -0.15) is 4.98 Å². The van der Waals surface area contributed by atoms with Crippen LogP contribution in [0.2, 0.25) is 0 Å². The molecule has 0 atom stereocenters. The van der Waals surface area contributed by atoms with Gasteiger partial charge in [0, 0.05) is 24.5 Å². The van der Waals surface area contributed by atoms with Crippen molar-refractivity contribution in [3.05, 3.63) is 65.9 Å². The van der Waals surface area contributed by atoms with Gasteiger partial charge >= 0.3 is 0 Å². The van der Waals surface area contributed by atoms with E-state index in [0.29, 0.717) is 25.7 Å². The molecule has 2 N–H and O–H groups in total. The second-order valence-corrected chi connectivity index (χ2v) is 6.03. The highest BCUT2D eigenvalue weighted by molar-refractivity contribution is 5.60. The summed E-state index contributed by atoms with van der Waals surface area (Å²) in [6.07, 6.45) is 1.73.